The van der Waals surface area contributed by atoms with Gasteiger partial charge in [-0.25, -0.2) is 0 Å². The largest absolute Gasteiger partial charge is 0.497 e. The van der Waals surface area contributed by atoms with Crippen molar-refractivity contribution in [3.63, 3.8) is 0 Å². The van der Waals surface area contributed by atoms with Crippen LogP contribution in [0.1, 0.15) is 51.2 Å². The monoisotopic (exact) mass is 456 g/mol. The lowest BCUT2D eigenvalue weighted by Gasteiger charge is -2.31. The van der Waals surface area contributed by atoms with Gasteiger partial charge in [0.2, 0.25) is 11.8 Å². The van der Waals surface area contributed by atoms with E-state index in [0.717, 1.165) is 22.6 Å². The molecule has 0 aromatic heterocycles. The Kier molecular flexibility index (Phi) is 10.6. The number of amides is 2. The first-order valence-electron chi connectivity index (χ1n) is 11.3. The van der Waals surface area contributed by atoms with Crippen LogP contribution >= 0.6 is 11.8 Å². The van der Waals surface area contributed by atoms with Gasteiger partial charge in [0.05, 0.1) is 7.11 Å². The first-order chi connectivity index (χ1) is 15.4. The molecule has 2 rings (SSSR count). The molecule has 0 heterocycles. The highest BCUT2D eigenvalue weighted by Crippen LogP contribution is 2.22. The van der Waals surface area contributed by atoms with Gasteiger partial charge in [-0.3, -0.25) is 9.59 Å². The second-order valence-electron chi connectivity index (χ2n) is 8.03. The smallest absolute Gasteiger partial charge is 0.243 e. The molecule has 0 radical (unpaired) electrons. The van der Waals surface area contributed by atoms with Gasteiger partial charge in [-0.05, 0) is 56.5 Å². The molecule has 0 fully saturated rings. The molecule has 0 saturated carbocycles. The van der Waals surface area contributed by atoms with Gasteiger partial charge in [0, 0.05) is 29.7 Å². The average molecular weight is 457 g/mol. The minimum atomic E-state index is -0.507. The summed E-state index contributed by atoms with van der Waals surface area (Å²) >= 11 is 1.66. The fourth-order valence-corrected chi connectivity index (χ4v) is 4.20. The van der Waals surface area contributed by atoms with Crippen LogP contribution < -0.4 is 10.1 Å². The molecule has 1 N–H and O–H groups in total. The van der Waals surface area contributed by atoms with Crippen LogP contribution in [0.4, 0.5) is 0 Å². The molecule has 2 aromatic carbocycles. The lowest BCUT2D eigenvalue weighted by Crippen LogP contribution is -2.50. The van der Waals surface area contributed by atoms with Gasteiger partial charge in [-0.15, -0.1) is 11.8 Å². The van der Waals surface area contributed by atoms with Crippen LogP contribution in [0, 0.1) is 6.92 Å². The summed E-state index contributed by atoms with van der Waals surface area (Å²) < 4.78 is 5.33. The number of hydrogen-bond acceptors (Lipinski definition) is 4. The Morgan fingerprint density at radius 1 is 1.09 bits per heavy atom. The summed E-state index contributed by atoms with van der Waals surface area (Å²) in [5, 5.41) is 3.05. The summed E-state index contributed by atoms with van der Waals surface area (Å²) in [7, 11) is 1.62. The zero-order valence-electron chi connectivity index (χ0n) is 19.9. The number of nitrogens with zero attached hydrogens (tertiary/aromatic N) is 1. The third-order valence-electron chi connectivity index (χ3n) is 5.48. The number of rotatable bonds is 12. The maximum atomic E-state index is 13.3. The molecule has 0 spiro atoms. The predicted octanol–water partition coefficient (Wildman–Crippen LogP) is 5.21. The fourth-order valence-electron chi connectivity index (χ4n) is 3.36. The van der Waals surface area contributed by atoms with Gasteiger partial charge in [0.15, 0.2) is 0 Å². The van der Waals surface area contributed by atoms with Crippen LogP contribution in [-0.4, -0.2) is 41.7 Å². The lowest BCUT2D eigenvalue weighted by molar-refractivity contribution is -0.141. The van der Waals surface area contributed by atoms with Crippen LogP contribution in [-0.2, 0) is 16.1 Å². The van der Waals surface area contributed by atoms with E-state index in [1.807, 2.05) is 45.0 Å². The molecule has 0 unspecified atom stereocenters. The van der Waals surface area contributed by atoms with Crippen molar-refractivity contribution < 1.29 is 14.3 Å². The number of benzene rings is 2. The summed E-state index contributed by atoms with van der Waals surface area (Å²) in [5.74, 6) is 1.30. The number of thioether (sulfide) groups is 1. The van der Waals surface area contributed by atoms with E-state index < -0.39 is 6.04 Å². The van der Waals surface area contributed by atoms with Crippen LogP contribution in [0.15, 0.2) is 53.4 Å². The SMILES string of the molecule is CC[C@@H](C)NC(=O)[C@@H](CC)N(Cc1cccc(OC)c1)C(=O)CCSc1ccc(C)cc1. The lowest BCUT2D eigenvalue weighted by atomic mass is 10.1. The van der Waals surface area contributed by atoms with Crippen LogP contribution in [0.25, 0.3) is 0 Å². The van der Waals surface area contributed by atoms with Gasteiger partial charge in [-0.2, -0.15) is 0 Å². The minimum Gasteiger partial charge on any atom is -0.497 e. The molecule has 2 amide bonds. The first kappa shape index (κ1) is 25.8. The Balaban J connectivity index is 2.15. The highest BCUT2D eigenvalue weighted by atomic mass is 32.2. The second kappa shape index (κ2) is 13.2. The Morgan fingerprint density at radius 3 is 2.44 bits per heavy atom. The molecular weight excluding hydrogens is 420 g/mol. The quantitative estimate of drug-likeness (QED) is 0.446. The Bertz CT molecular complexity index is 870. The summed E-state index contributed by atoms with van der Waals surface area (Å²) in [6.07, 6.45) is 1.78. The zero-order valence-corrected chi connectivity index (χ0v) is 20.7. The maximum absolute atomic E-state index is 13.3. The first-order valence-corrected chi connectivity index (χ1v) is 12.3. The van der Waals surface area contributed by atoms with Gasteiger partial charge in [0.1, 0.15) is 11.8 Å². The number of aryl methyl sites for hydroxylation is 1. The van der Waals surface area contributed by atoms with E-state index in [9.17, 15) is 9.59 Å². The fraction of sp³-hybridized carbons (Fsp3) is 0.462. The third-order valence-corrected chi connectivity index (χ3v) is 6.49. The molecular formula is C26H36N2O3S. The number of hydrogen-bond donors (Lipinski definition) is 1. The summed E-state index contributed by atoms with van der Waals surface area (Å²) in [4.78, 5) is 29.2. The molecule has 32 heavy (non-hydrogen) atoms. The van der Waals surface area contributed by atoms with Gasteiger partial charge in [-0.1, -0.05) is 43.7 Å². The molecule has 0 aliphatic carbocycles. The van der Waals surface area contributed by atoms with Crippen LogP contribution in [0.5, 0.6) is 5.75 Å². The van der Waals surface area contributed by atoms with Crippen LogP contribution in [0.2, 0.25) is 0 Å². The molecule has 5 nitrogen and oxygen atoms in total. The van der Waals surface area contributed by atoms with Gasteiger partial charge >= 0.3 is 0 Å². The molecule has 0 bridgehead atoms. The number of carbonyl (C=O) groups excluding carboxylic acids is 2. The minimum absolute atomic E-state index is 0.0152. The molecule has 0 saturated heterocycles. The van der Waals surface area contributed by atoms with Crippen molar-refractivity contribution in [3.05, 3.63) is 59.7 Å². The van der Waals surface area contributed by atoms with E-state index in [1.54, 1.807) is 23.8 Å². The van der Waals surface area contributed by atoms with E-state index in [2.05, 4.69) is 36.5 Å². The molecule has 0 aliphatic rings. The van der Waals surface area contributed by atoms with Crippen molar-refractivity contribution in [1.29, 1.82) is 0 Å². The van der Waals surface area contributed by atoms with Crippen molar-refractivity contribution in [2.75, 3.05) is 12.9 Å². The second-order valence-corrected chi connectivity index (χ2v) is 9.19. The van der Waals surface area contributed by atoms with E-state index in [1.165, 1.54) is 5.56 Å². The highest BCUT2D eigenvalue weighted by molar-refractivity contribution is 7.99. The van der Waals surface area contributed by atoms with Crippen molar-refractivity contribution in [2.24, 2.45) is 0 Å². The zero-order chi connectivity index (χ0) is 23.5. The normalized spacial score (nSPS) is 12.7. The molecule has 2 atom stereocenters. The number of methoxy groups -OCH3 is 1. The van der Waals surface area contributed by atoms with Crippen molar-refractivity contribution >= 4 is 23.6 Å². The van der Waals surface area contributed by atoms with E-state index in [4.69, 9.17) is 4.74 Å². The maximum Gasteiger partial charge on any atom is 0.243 e. The topological polar surface area (TPSA) is 58.6 Å². The van der Waals surface area contributed by atoms with Gasteiger partial charge < -0.3 is 15.0 Å². The highest BCUT2D eigenvalue weighted by Gasteiger charge is 2.29. The number of nitrogens with one attached hydrogen (secondary N) is 1. The third kappa shape index (κ3) is 7.90. The molecule has 0 aliphatic heterocycles. The average Bonchev–Trinajstić information content (AvgIpc) is 2.80. The number of ether oxygens (including phenoxy) is 1. The Morgan fingerprint density at radius 2 is 1.81 bits per heavy atom. The van der Waals surface area contributed by atoms with Crippen molar-refractivity contribution in [1.82, 2.24) is 10.2 Å². The van der Waals surface area contributed by atoms with E-state index in [0.29, 0.717) is 25.1 Å². The standard InChI is InChI=1S/C26H36N2O3S/c1-6-20(4)27-26(30)24(7-2)28(18-21-9-8-10-22(17-21)31-5)25(29)15-16-32-23-13-11-19(3)12-14-23/h8-14,17,20,24H,6-7,15-16,18H2,1-5H3,(H,27,30)/t20-,24-/m1/s1. The Hall–Kier alpha value is -2.47. The summed E-state index contributed by atoms with van der Waals surface area (Å²) in [5.41, 5.74) is 2.16. The van der Waals surface area contributed by atoms with Crippen molar-refractivity contribution in [2.45, 2.75) is 70.5 Å². The summed E-state index contributed by atoms with van der Waals surface area (Å²) in [6, 6.07) is 15.5. The van der Waals surface area contributed by atoms with Gasteiger partial charge in [0.25, 0.3) is 0 Å². The van der Waals surface area contributed by atoms with E-state index >= 15 is 0 Å². The molecule has 174 valence electrons. The molecule has 2 aromatic rings. The van der Waals surface area contributed by atoms with Crippen LogP contribution in [0.3, 0.4) is 0 Å². The summed E-state index contributed by atoms with van der Waals surface area (Å²) in [6.45, 7) is 8.40. The Labute approximate surface area is 196 Å². The van der Waals surface area contributed by atoms with Crippen molar-refractivity contribution in [3.8, 4) is 5.75 Å². The predicted molar refractivity (Wildman–Crippen MR) is 132 cm³/mol. The molecule has 6 heteroatoms. The number of carbonyl (C=O) groups is 2. The van der Waals surface area contributed by atoms with E-state index in [-0.39, 0.29) is 17.9 Å².